The molecule has 29 heavy (non-hydrogen) atoms. The van der Waals surface area contributed by atoms with Crippen LogP contribution >= 0.6 is 11.6 Å². The molecule has 1 amide bonds. The van der Waals surface area contributed by atoms with Crippen molar-refractivity contribution in [1.82, 2.24) is 20.0 Å². The van der Waals surface area contributed by atoms with E-state index in [-0.39, 0.29) is 5.91 Å². The van der Waals surface area contributed by atoms with Gasteiger partial charge in [-0.05, 0) is 37.6 Å². The first-order valence-corrected chi connectivity index (χ1v) is 9.58. The third-order valence-electron chi connectivity index (χ3n) is 4.61. The molecule has 0 aliphatic heterocycles. The van der Waals surface area contributed by atoms with Gasteiger partial charge < -0.3 is 5.32 Å². The molecule has 0 unspecified atom stereocenters. The summed E-state index contributed by atoms with van der Waals surface area (Å²) in [6, 6.07) is 19.2. The number of anilines is 1. The second-order valence-corrected chi connectivity index (χ2v) is 7.38. The molecule has 4 aromatic rings. The highest BCUT2D eigenvalue weighted by Gasteiger charge is 2.14. The van der Waals surface area contributed by atoms with Gasteiger partial charge in [-0.2, -0.15) is 10.2 Å². The lowest BCUT2D eigenvalue weighted by Gasteiger charge is -2.05. The normalized spacial score (nSPS) is 10.9. The van der Waals surface area contributed by atoms with Crippen LogP contribution < -0.4 is 5.32 Å². The van der Waals surface area contributed by atoms with Crippen molar-refractivity contribution in [2.75, 3.05) is 5.32 Å². The Bertz CT molecular complexity index is 1160. The van der Waals surface area contributed by atoms with E-state index in [1.165, 1.54) is 5.56 Å². The maximum atomic E-state index is 12.6. The number of benzene rings is 2. The molecule has 0 fully saturated rings. The third kappa shape index (κ3) is 4.38. The zero-order valence-corrected chi connectivity index (χ0v) is 16.9. The number of hydrogen-bond acceptors (Lipinski definition) is 3. The van der Waals surface area contributed by atoms with Crippen molar-refractivity contribution < 1.29 is 4.79 Å². The highest BCUT2D eigenvalue weighted by atomic mass is 35.5. The molecule has 146 valence electrons. The summed E-state index contributed by atoms with van der Waals surface area (Å²) in [5.41, 5.74) is 5.20. The van der Waals surface area contributed by atoms with Crippen LogP contribution in [-0.4, -0.2) is 25.9 Å². The van der Waals surface area contributed by atoms with Crippen LogP contribution in [0.5, 0.6) is 0 Å². The molecule has 2 aromatic carbocycles. The van der Waals surface area contributed by atoms with Crippen LogP contribution in [0.3, 0.4) is 0 Å². The van der Waals surface area contributed by atoms with E-state index in [1.54, 1.807) is 6.07 Å². The number of nitrogens with zero attached hydrogens (tertiary/aromatic N) is 3. The lowest BCUT2D eigenvalue weighted by Crippen LogP contribution is -2.13. The molecule has 0 radical (unpaired) electrons. The van der Waals surface area contributed by atoms with Gasteiger partial charge in [0.25, 0.3) is 5.91 Å². The molecule has 0 aliphatic rings. The molecule has 0 saturated carbocycles. The molecule has 4 rings (SSSR count). The Morgan fingerprint density at radius 2 is 1.90 bits per heavy atom. The van der Waals surface area contributed by atoms with Crippen molar-refractivity contribution in [2.24, 2.45) is 0 Å². The standard InChI is InChI=1S/C22H20ClN5O/c1-14-6-8-17(9-7-14)19-12-20(26-25-19)22(29)24-21-10-15(2)28(27-21)13-16-4-3-5-18(23)11-16/h3-12H,13H2,1-2H3,(H,25,26)(H,24,27,29). The molecular formula is C22H20ClN5O. The molecule has 0 bridgehead atoms. The highest BCUT2D eigenvalue weighted by Crippen LogP contribution is 2.19. The second kappa shape index (κ2) is 7.93. The minimum absolute atomic E-state index is 0.289. The average Bonchev–Trinajstić information content (AvgIpc) is 3.30. The van der Waals surface area contributed by atoms with Crippen molar-refractivity contribution in [3.63, 3.8) is 0 Å². The topological polar surface area (TPSA) is 75.6 Å². The number of amides is 1. The summed E-state index contributed by atoms with van der Waals surface area (Å²) < 4.78 is 1.83. The maximum Gasteiger partial charge on any atom is 0.274 e. The van der Waals surface area contributed by atoms with E-state index < -0.39 is 0 Å². The zero-order chi connectivity index (χ0) is 20.4. The number of aromatic nitrogens is 4. The van der Waals surface area contributed by atoms with Crippen molar-refractivity contribution in [3.8, 4) is 11.3 Å². The molecule has 2 aromatic heterocycles. The van der Waals surface area contributed by atoms with Crippen LogP contribution in [-0.2, 0) is 6.54 Å². The Morgan fingerprint density at radius 1 is 1.10 bits per heavy atom. The quantitative estimate of drug-likeness (QED) is 0.498. The van der Waals surface area contributed by atoms with Gasteiger partial charge in [0.2, 0.25) is 0 Å². The lowest BCUT2D eigenvalue weighted by atomic mass is 10.1. The molecule has 0 spiro atoms. The Kier molecular flexibility index (Phi) is 5.18. The van der Waals surface area contributed by atoms with Crippen LogP contribution in [0.1, 0.15) is 27.3 Å². The summed E-state index contributed by atoms with van der Waals surface area (Å²) in [6.45, 7) is 4.55. The van der Waals surface area contributed by atoms with Crippen LogP contribution in [0.25, 0.3) is 11.3 Å². The van der Waals surface area contributed by atoms with Crippen molar-refractivity contribution in [3.05, 3.63) is 88.2 Å². The second-order valence-electron chi connectivity index (χ2n) is 6.95. The first kappa shape index (κ1) is 19.0. The van der Waals surface area contributed by atoms with Gasteiger partial charge in [0.15, 0.2) is 5.82 Å². The number of halogens is 1. The van der Waals surface area contributed by atoms with E-state index in [1.807, 2.05) is 73.1 Å². The predicted octanol–water partition coefficient (Wildman–Crippen LogP) is 4.84. The molecule has 2 N–H and O–H groups in total. The first-order chi connectivity index (χ1) is 14.0. The maximum absolute atomic E-state index is 12.6. The molecule has 0 aliphatic carbocycles. The van der Waals surface area contributed by atoms with E-state index in [0.29, 0.717) is 23.1 Å². The average molecular weight is 406 g/mol. The van der Waals surface area contributed by atoms with E-state index in [4.69, 9.17) is 11.6 Å². The molecule has 0 atom stereocenters. The Hall–Kier alpha value is -3.38. The molecular weight excluding hydrogens is 386 g/mol. The molecule has 0 saturated heterocycles. The minimum atomic E-state index is -0.289. The molecule has 7 heteroatoms. The Labute approximate surface area is 173 Å². The summed E-state index contributed by atoms with van der Waals surface area (Å²) in [5.74, 6) is 0.198. The number of rotatable bonds is 5. The highest BCUT2D eigenvalue weighted by molar-refractivity contribution is 6.30. The van der Waals surface area contributed by atoms with Crippen LogP contribution in [0.15, 0.2) is 60.7 Å². The van der Waals surface area contributed by atoms with E-state index in [2.05, 4.69) is 20.6 Å². The summed E-state index contributed by atoms with van der Waals surface area (Å²) in [5, 5.41) is 15.0. The number of nitrogens with one attached hydrogen (secondary N) is 2. The van der Waals surface area contributed by atoms with Gasteiger partial charge >= 0.3 is 0 Å². The lowest BCUT2D eigenvalue weighted by molar-refractivity contribution is 0.102. The van der Waals surface area contributed by atoms with Gasteiger partial charge in [-0.1, -0.05) is 53.6 Å². The van der Waals surface area contributed by atoms with E-state index in [9.17, 15) is 4.79 Å². The van der Waals surface area contributed by atoms with Gasteiger partial charge in [0, 0.05) is 22.3 Å². The van der Waals surface area contributed by atoms with Crippen molar-refractivity contribution in [2.45, 2.75) is 20.4 Å². The summed E-state index contributed by atoms with van der Waals surface area (Å²) in [7, 11) is 0. The van der Waals surface area contributed by atoms with Gasteiger partial charge in [-0.25, -0.2) is 0 Å². The monoisotopic (exact) mass is 405 g/mol. The van der Waals surface area contributed by atoms with Gasteiger partial charge in [-0.3, -0.25) is 14.6 Å². The van der Waals surface area contributed by atoms with Gasteiger partial charge in [0.1, 0.15) is 5.69 Å². The summed E-state index contributed by atoms with van der Waals surface area (Å²) >= 11 is 6.05. The SMILES string of the molecule is Cc1ccc(-c2cc(C(=O)Nc3cc(C)n(Cc4cccc(Cl)c4)n3)[nH]n2)cc1. The molecule has 2 heterocycles. The van der Waals surface area contributed by atoms with Crippen molar-refractivity contribution >= 4 is 23.3 Å². The predicted molar refractivity (Wildman–Crippen MR) is 114 cm³/mol. The Balaban J connectivity index is 1.47. The number of carbonyl (C=O) groups is 1. The van der Waals surface area contributed by atoms with Crippen LogP contribution in [0.4, 0.5) is 5.82 Å². The number of hydrogen-bond donors (Lipinski definition) is 2. The van der Waals surface area contributed by atoms with Crippen LogP contribution in [0.2, 0.25) is 5.02 Å². The van der Waals surface area contributed by atoms with E-state index in [0.717, 1.165) is 22.5 Å². The fraction of sp³-hybridized carbons (Fsp3) is 0.136. The number of aryl methyl sites for hydroxylation is 2. The number of carbonyl (C=O) groups excluding carboxylic acids is 1. The molecule has 6 nitrogen and oxygen atoms in total. The Morgan fingerprint density at radius 3 is 2.66 bits per heavy atom. The van der Waals surface area contributed by atoms with E-state index >= 15 is 0 Å². The fourth-order valence-corrected chi connectivity index (χ4v) is 3.25. The zero-order valence-electron chi connectivity index (χ0n) is 16.1. The summed E-state index contributed by atoms with van der Waals surface area (Å²) in [6.07, 6.45) is 0. The number of aromatic amines is 1. The number of H-pyrrole nitrogens is 1. The van der Waals surface area contributed by atoms with Crippen molar-refractivity contribution in [1.29, 1.82) is 0 Å². The first-order valence-electron chi connectivity index (χ1n) is 9.20. The van der Waals surface area contributed by atoms with Gasteiger partial charge in [-0.15, -0.1) is 0 Å². The summed E-state index contributed by atoms with van der Waals surface area (Å²) in [4.78, 5) is 12.6. The van der Waals surface area contributed by atoms with Gasteiger partial charge in [0.05, 0.1) is 12.2 Å². The van der Waals surface area contributed by atoms with Crippen LogP contribution in [0, 0.1) is 13.8 Å². The minimum Gasteiger partial charge on any atom is -0.304 e. The smallest absolute Gasteiger partial charge is 0.274 e. The largest absolute Gasteiger partial charge is 0.304 e. The third-order valence-corrected chi connectivity index (χ3v) is 4.85. The fourth-order valence-electron chi connectivity index (χ4n) is 3.03.